The van der Waals surface area contributed by atoms with Crippen LogP contribution in [0, 0.1) is 0 Å². The lowest BCUT2D eigenvalue weighted by Gasteiger charge is -2.25. The number of nitrogens with zero attached hydrogens (tertiary/aromatic N) is 6. The number of hydrogen-bond acceptors (Lipinski definition) is 7. The summed E-state index contributed by atoms with van der Waals surface area (Å²) in [6.45, 7) is 2.61. The number of oxazole rings is 1. The van der Waals surface area contributed by atoms with Crippen LogP contribution in [0.4, 0.5) is 0 Å². The maximum atomic E-state index is 13.0. The van der Waals surface area contributed by atoms with Gasteiger partial charge in [0.05, 0.1) is 13.6 Å². The van der Waals surface area contributed by atoms with Crippen molar-refractivity contribution in [2.75, 3.05) is 19.8 Å². The topological polar surface area (TPSA) is 99.2 Å². The summed E-state index contributed by atoms with van der Waals surface area (Å²) in [7, 11) is 1.72. The Labute approximate surface area is 167 Å². The second kappa shape index (κ2) is 7.40. The summed E-state index contributed by atoms with van der Waals surface area (Å²) in [6.07, 6.45) is 2.57. The number of benzene rings is 1. The van der Waals surface area contributed by atoms with Crippen molar-refractivity contribution in [1.29, 1.82) is 0 Å². The predicted molar refractivity (Wildman–Crippen MR) is 102 cm³/mol. The lowest BCUT2D eigenvalue weighted by atomic mass is 10.0. The van der Waals surface area contributed by atoms with E-state index in [0.717, 1.165) is 49.0 Å². The highest BCUT2D eigenvalue weighted by atomic mass is 16.5. The molecule has 1 amide bonds. The highest BCUT2D eigenvalue weighted by Crippen LogP contribution is 2.30. The van der Waals surface area contributed by atoms with E-state index in [-0.39, 0.29) is 5.91 Å². The number of ether oxygens (including phenoxy) is 1. The molecular formula is C20H22N6O3. The molecule has 0 atom stereocenters. The van der Waals surface area contributed by atoms with Crippen LogP contribution < -0.4 is 0 Å². The van der Waals surface area contributed by atoms with Gasteiger partial charge < -0.3 is 14.1 Å². The van der Waals surface area contributed by atoms with Gasteiger partial charge in [-0.1, -0.05) is 12.1 Å². The monoisotopic (exact) mass is 394 g/mol. The fourth-order valence-electron chi connectivity index (χ4n) is 3.86. The van der Waals surface area contributed by atoms with Crippen LogP contribution in [0.5, 0.6) is 0 Å². The Kier molecular flexibility index (Phi) is 4.59. The van der Waals surface area contributed by atoms with Gasteiger partial charge in [-0.25, -0.2) is 4.98 Å². The van der Waals surface area contributed by atoms with Crippen LogP contribution >= 0.6 is 0 Å². The molecule has 0 unspecified atom stereocenters. The number of hydrogen-bond donors (Lipinski definition) is 0. The number of fused-ring (bicyclic) bond motifs is 1. The zero-order valence-electron chi connectivity index (χ0n) is 16.2. The molecule has 9 nitrogen and oxygen atoms in total. The first-order valence-electron chi connectivity index (χ1n) is 9.87. The average molecular weight is 394 g/mol. The molecule has 2 aliphatic rings. The number of aryl methyl sites for hydroxylation is 1. The number of rotatable bonds is 3. The molecule has 0 aliphatic carbocycles. The van der Waals surface area contributed by atoms with Crippen LogP contribution in [-0.2, 0) is 24.8 Å². The molecule has 1 fully saturated rings. The minimum Gasteiger partial charge on any atom is -0.445 e. The summed E-state index contributed by atoms with van der Waals surface area (Å²) in [5.74, 6) is 2.57. The zero-order chi connectivity index (χ0) is 19.8. The smallest absolute Gasteiger partial charge is 0.254 e. The molecular weight excluding hydrogens is 372 g/mol. The van der Waals surface area contributed by atoms with Crippen molar-refractivity contribution in [2.45, 2.75) is 31.7 Å². The molecule has 29 heavy (non-hydrogen) atoms. The first-order chi connectivity index (χ1) is 14.2. The molecule has 1 saturated heterocycles. The van der Waals surface area contributed by atoms with Crippen molar-refractivity contribution in [3.05, 3.63) is 47.2 Å². The van der Waals surface area contributed by atoms with Gasteiger partial charge in [0, 0.05) is 43.2 Å². The van der Waals surface area contributed by atoms with Crippen LogP contribution in [0.15, 0.2) is 28.7 Å². The van der Waals surface area contributed by atoms with Gasteiger partial charge in [0.2, 0.25) is 5.82 Å². The van der Waals surface area contributed by atoms with Gasteiger partial charge in [-0.2, -0.15) is 4.80 Å². The second-order valence-electron chi connectivity index (χ2n) is 7.47. The predicted octanol–water partition coefficient (Wildman–Crippen LogP) is 1.96. The van der Waals surface area contributed by atoms with Crippen molar-refractivity contribution < 1.29 is 13.9 Å². The lowest BCUT2D eigenvalue weighted by molar-refractivity contribution is 0.0726. The maximum Gasteiger partial charge on any atom is 0.254 e. The summed E-state index contributed by atoms with van der Waals surface area (Å²) in [4.78, 5) is 20.9. The summed E-state index contributed by atoms with van der Waals surface area (Å²) in [6, 6.07) is 7.30. The summed E-state index contributed by atoms with van der Waals surface area (Å²) in [5.41, 5.74) is 2.34. The molecule has 3 aromatic rings. The fraction of sp³-hybridized carbons (Fsp3) is 0.450. The third-order valence-corrected chi connectivity index (χ3v) is 5.50. The Balaban J connectivity index is 1.29. The van der Waals surface area contributed by atoms with Crippen LogP contribution in [0.3, 0.4) is 0 Å². The molecule has 0 saturated carbocycles. The summed E-state index contributed by atoms with van der Waals surface area (Å²) >= 11 is 0. The molecule has 0 N–H and O–H groups in total. The van der Waals surface area contributed by atoms with Gasteiger partial charge in [0.15, 0.2) is 5.89 Å². The van der Waals surface area contributed by atoms with E-state index < -0.39 is 0 Å². The Morgan fingerprint density at radius 2 is 1.97 bits per heavy atom. The molecule has 0 radical (unpaired) electrons. The third-order valence-electron chi connectivity index (χ3n) is 5.50. The second-order valence-corrected chi connectivity index (χ2v) is 7.47. The van der Waals surface area contributed by atoms with E-state index >= 15 is 0 Å². The zero-order valence-corrected chi connectivity index (χ0v) is 16.2. The van der Waals surface area contributed by atoms with Gasteiger partial charge in [-0.15, -0.1) is 10.2 Å². The Morgan fingerprint density at radius 1 is 1.17 bits per heavy atom. The summed E-state index contributed by atoms with van der Waals surface area (Å²) < 4.78 is 11.4. The first kappa shape index (κ1) is 18.0. The number of amides is 1. The Hall–Kier alpha value is -3.07. The van der Waals surface area contributed by atoms with E-state index in [1.54, 1.807) is 19.2 Å². The fourth-order valence-corrected chi connectivity index (χ4v) is 3.86. The normalized spacial score (nSPS) is 17.3. The molecule has 2 aromatic heterocycles. The first-order valence-corrected chi connectivity index (χ1v) is 9.87. The average Bonchev–Trinajstić information content (AvgIpc) is 3.39. The maximum absolute atomic E-state index is 13.0. The van der Waals surface area contributed by atoms with Gasteiger partial charge >= 0.3 is 0 Å². The minimum atomic E-state index is -0.00933. The minimum absolute atomic E-state index is 0.00933. The van der Waals surface area contributed by atoms with Crippen LogP contribution in [-0.4, -0.2) is 55.8 Å². The van der Waals surface area contributed by atoms with Crippen molar-refractivity contribution >= 4 is 5.91 Å². The SMILES string of the molecule is Cn1nnc(-c2ccc(C(=O)N3CCc4oc(C5CCOCC5)nc4C3)cc2)n1. The molecule has 9 heteroatoms. The lowest BCUT2D eigenvalue weighted by Crippen LogP contribution is -2.35. The number of carbonyl (C=O) groups excluding carboxylic acids is 1. The molecule has 1 aromatic carbocycles. The molecule has 150 valence electrons. The standard InChI is InChI=1S/C20H22N6O3/c1-25-23-18(22-24-25)13-2-4-15(5-3-13)20(27)26-9-6-17-16(12-26)21-19(29-17)14-7-10-28-11-8-14/h2-5,14H,6-12H2,1H3. The van der Waals surface area contributed by atoms with Gasteiger partial charge in [0.25, 0.3) is 5.91 Å². The number of tetrazole rings is 1. The van der Waals surface area contributed by atoms with Crippen LogP contribution in [0.2, 0.25) is 0 Å². The largest absolute Gasteiger partial charge is 0.445 e. The molecule has 0 spiro atoms. The van der Waals surface area contributed by atoms with Crippen LogP contribution in [0.1, 0.15) is 46.5 Å². The highest BCUT2D eigenvalue weighted by Gasteiger charge is 2.29. The van der Waals surface area contributed by atoms with E-state index in [1.165, 1.54) is 4.80 Å². The third kappa shape index (κ3) is 3.53. The van der Waals surface area contributed by atoms with E-state index in [2.05, 4.69) is 15.4 Å². The molecule has 4 heterocycles. The molecule has 0 bridgehead atoms. The Bertz CT molecular complexity index is 1020. The summed E-state index contributed by atoms with van der Waals surface area (Å²) in [5, 5.41) is 12.0. The van der Waals surface area contributed by atoms with Gasteiger partial charge in [-0.3, -0.25) is 4.79 Å². The van der Waals surface area contributed by atoms with Gasteiger partial charge in [0.1, 0.15) is 11.5 Å². The van der Waals surface area contributed by atoms with Gasteiger partial charge in [-0.05, 0) is 30.2 Å². The van der Waals surface area contributed by atoms with Crippen LogP contribution in [0.25, 0.3) is 11.4 Å². The molecule has 5 rings (SSSR count). The Morgan fingerprint density at radius 3 is 2.69 bits per heavy atom. The van der Waals surface area contributed by atoms with E-state index in [4.69, 9.17) is 14.1 Å². The van der Waals surface area contributed by atoms with Crippen molar-refractivity contribution in [3.8, 4) is 11.4 Å². The van der Waals surface area contributed by atoms with E-state index in [1.807, 2.05) is 17.0 Å². The quantitative estimate of drug-likeness (QED) is 0.669. The van der Waals surface area contributed by atoms with Crippen molar-refractivity contribution in [3.63, 3.8) is 0 Å². The number of aromatic nitrogens is 5. The van der Waals surface area contributed by atoms with E-state index in [0.29, 0.717) is 36.8 Å². The number of carbonyl (C=O) groups is 1. The highest BCUT2D eigenvalue weighted by molar-refractivity contribution is 5.94. The molecule has 2 aliphatic heterocycles. The van der Waals surface area contributed by atoms with Crippen molar-refractivity contribution in [1.82, 2.24) is 30.1 Å². The van der Waals surface area contributed by atoms with Crippen molar-refractivity contribution in [2.24, 2.45) is 7.05 Å². The van der Waals surface area contributed by atoms with E-state index in [9.17, 15) is 4.79 Å².